The predicted molar refractivity (Wildman–Crippen MR) is 87.5 cm³/mol. The summed E-state index contributed by atoms with van der Waals surface area (Å²) in [4.78, 5) is 41.1. The molecule has 2 saturated heterocycles. The average Bonchev–Trinajstić information content (AvgIpc) is 3.07. The maximum absolute atomic E-state index is 13.2. The van der Waals surface area contributed by atoms with Crippen molar-refractivity contribution in [2.75, 3.05) is 18.5 Å². The number of amides is 3. The maximum Gasteiger partial charge on any atom is 0.416 e. The quantitative estimate of drug-likeness (QED) is 0.834. The standard InChI is InChI=1S/C17H18F3N3O4/c18-17(19,20)11-7-10(16(26)23-5-1-2-6-27-23)8-12(9-11)21-15(25)13-3-4-14(24)22-13/h7-9,13H,1-6H2,(H,21,25)(H,22,24). The smallest absolute Gasteiger partial charge is 0.344 e. The summed E-state index contributed by atoms with van der Waals surface area (Å²) in [5.74, 6) is -1.63. The Kier molecular flexibility index (Phi) is 5.36. The van der Waals surface area contributed by atoms with Crippen LogP contribution in [0.4, 0.5) is 18.9 Å². The summed E-state index contributed by atoms with van der Waals surface area (Å²) in [6, 6.07) is 1.84. The van der Waals surface area contributed by atoms with Gasteiger partial charge in [-0.05, 0) is 37.5 Å². The fraction of sp³-hybridized carbons (Fsp3) is 0.471. The highest BCUT2D eigenvalue weighted by molar-refractivity contribution is 6.00. The molecule has 2 aliphatic rings. The zero-order valence-corrected chi connectivity index (χ0v) is 14.3. The summed E-state index contributed by atoms with van der Waals surface area (Å²) in [6.07, 6.45) is -2.80. The van der Waals surface area contributed by atoms with Crippen molar-refractivity contribution in [2.45, 2.75) is 37.9 Å². The first-order chi connectivity index (χ1) is 12.7. The molecule has 1 aromatic carbocycles. The molecule has 2 aliphatic heterocycles. The summed E-state index contributed by atoms with van der Waals surface area (Å²) in [5, 5.41) is 5.82. The SMILES string of the molecule is O=C1CCC(C(=O)Nc2cc(C(=O)N3CCCCO3)cc(C(F)(F)F)c2)N1. The zero-order valence-electron chi connectivity index (χ0n) is 14.3. The normalized spacial score (nSPS) is 20.3. The third-order valence-electron chi connectivity index (χ3n) is 4.32. The van der Waals surface area contributed by atoms with Crippen molar-refractivity contribution in [2.24, 2.45) is 0 Å². The highest BCUT2D eigenvalue weighted by Crippen LogP contribution is 2.32. The topological polar surface area (TPSA) is 87.7 Å². The predicted octanol–water partition coefficient (Wildman–Crippen LogP) is 2.09. The molecule has 3 amide bonds. The summed E-state index contributed by atoms with van der Waals surface area (Å²) in [7, 11) is 0. The summed E-state index contributed by atoms with van der Waals surface area (Å²) < 4.78 is 39.7. The second kappa shape index (κ2) is 7.55. The fourth-order valence-corrected chi connectivity index (χ4v) is 2.93. The molecule has 146 valence electrons. The van der Waals surface area contributed by atoms with Gasteiger partial charge in [-0.15, -0.1) is 0 Å². The Labute approximate surface area is 152 Å². The van der Waals surface area contributed by atoms with Gasteiger partial charge >= 0.3 is 6.18 Å². The second-order valence-corrected chi connectivity index (χ2v) is 6.39. The van der Waals surface area contributed by atoms with Gasteiger partial charge in [0.25, 0.3) is 5.91 Å². The summed E-state index contributed by atoms with van der Waals surface area (Å²) in [5.41, 5.74) is -1.47. The number of alkyl halides is 3. The van der Waals surface area contributed by atoms with E-state index in [0.717, 1.165) is 23.6 Å². The lowest BCUT2D eigenvalue weighted by Gasteiger charge is -2.26. The van der Waals surface area contributed by atoms with E-state index in [4.69, 9.17) is 4.84 Å². The van der Waals surface area contributed by atoms with Crippen LogP contribution in [0.5, 0.6) is 0 Å². The van der Waals surface area contributed by atoms with E-state index in [1.54, 1.807) is 0 Å². The van der Waals surface area contributed by atoms with E-state index in [-0.39, 0.29) is 36.5 Å². The number of anilines is 1. The van der Waals surface area contributed by atoms with Crippen molar-refractivity contribution < 1.29 is 32.4 Å². The maximum atomic E-state index is 13.2. The van der Waals surface area contributed by atoms with Crippen LogP contribution in [-0.2, 0) is 20.6 Å². The second-order valence-electron chi connectivity index (χ2n) is 6.39. The monoisotopic (exact) mass is 385 g/mol. The minimum absolute atomic E-state index is 0.170. The first-order valence-electron chi connectivity index (χ1n) is 8.51. The van der Waals surface area contributed by atoms with Gasteiger partial charge in [-0.3, -0.25) is 19.2 Å². The number of hydroxylamine groups is 2. The summed E-state index contributed by atoms with van der Waals surface area (Å²) in [6.45, 7) is 0.598. The van der Waals surface area contributed by atoms with E-state index >= 15 is 0 Å². The van der Waals surface area contributed by atoms with E-state index in [1.165, 1.54) is 6.07 Å². The fourth-order valence-electron chi connectivity index (χ4n) is 2.93. The van der Waals surface area contributed by atoms with E-state index in [2.05, 4.69) is 10.6 Å². The number of benzene rings is 1. The number of hydrogen-bond donors (Lipinski definition) is 2. The Bertz CT molecular complexity index is 760. The minimum atomic E-state index is -4.69. The molecule has 3 rings (SSSR count). The van der Waals surface area contributed by atoms with Gasteiger partial charge in [0, 0.05) is 24.2 Å². The molecular formula is C17H18F3N3O4. The molecule has 1 atom stereocenters. The van der Waals surface area contributed by atoms with E-state index in [9.17, 15) is 27.6 Å². The third-order valence-corrected chi connectivity index (χ3v) is 4.32. The first kappa shape index (κ1) is 19.2. The molecule has 0 aliphatic carbocycles. The van der Waals surface area contributed by atoms with Gasteiger partial charge < -0.3 is 10.6 Å². The van der Waals surface area contributed by atoms with E-state index in [1.807, 2.05) is 0 Å². The number of carbonyl (C=O) groups is 3. The molecule has 0 spiro atoms. The molecule has 0 bridgehead atoms. The Balaban J connectivity index is 1.85. The van der Waals surface area contributed by atoms with Crippen molar-refractivity contribution in [3.63, 3.8) is 0 Å². The number of nitrogens with one attached hydrogen (secondary N) is 2. The molecule has 0 radical (unpaired) electrons. The van der Waals surface area contributed by atoms with Crippen LogP contribution >= 0.6 is 0 Å². The lowest BCUT2D eigenvalue weighted by Crippen LogP contribution is -2.37. The molecule has 1 aromatic rings. The number of hydrogen-bond acceptors (Lipinski definition) is 4. The van der Waals surface area contributed by atoms with Crippen LogP contribution in [0.15, 0.2) is 18.2 Å². The molecule has 27 heavy (non-hydrogen) atoms. The van der Waals surface area contributed by atoms with Crippen molar-refractivity contribution in [3.05, 3.63) is 29.3 Å². The minimum Gasteiger partial charge on any atom is -0.344 e. The molecule has 0 aromatic heterocycles. The van der Waals surface area contributed by atoms with E-state index < -0.39 is 29.6 Å². The van der Waals surface area contributed by atoms with Gasteiger partial charge in [0.2, 0.25) is 11.8 Å². The molecule has 1 unspecified atom stereocenters. The Hall–Kier alpha value is -2.62. The highest BCUT2D eigenvalue weighted by atomic mass is 19.4. The number of nitrogens with zero attached hydrogens (tertiary/aromatic N) is 1. The largest absolute Gasteiger partial charge is 0.416 e. The number of carbonyl (C=O) groups excluding carboxylic acids is 3. The van der Waals surface area contributed by atoms with Crippen LogP contribution in [-0.4, -0.2) is 42.0 Å². The molecule has 2 fully saturated rings. The first-order valence-corrected chi connectivity index (χ1v) is 8.51. The van der Waals surface area contributed by atoms with Gasteiger partial charge in [0.1, 0.15) is 6.04 Å². The third kappa shape index (κ3) is 4.57. The van der Waals surface area contributed by atoms with E-state index in [0.29, 0.717) is 13.0 Å². The van der Waals surface area contributed by atoms with Crippen molar-refractivity contribution in [1.82, 2.24) is 10.4 Å². The molecular weight excluding hydrogens is 367 g/mol. The Morgan fingerprint density at radius 3 is 2.59 bits per heavy atom. The highest BCUT2D eigenvalue weighted by Gasteiger charge is 2.33. The number of halogens is 3. The van der Waals surface area contributed by atoms with Crippen LogP contribution in [0, 0.1) is 0 Å². The molecule has 10 heteroatoms. The van der Waals surface area contributed by atoms with Crippen molar-refractivity contribution in [1.29, 1.82) is 0 Å². The van der Waals surface area contributed by atoms with Gasteiger partial charge in [-0.2, -0.15) is 13.2 Å². The van der Waals surface area contributed by atoms with Crippen molar-refractivity contribution in [3.8, 4) is 0 Å². The Morgan fingerprint density at radius 1 is 1.22 bits per heavy atom. The van der Waals surface area contributed by atoms with Crippen LogP contribution in [0.25, 0.3) is 0 Å². The molecule has 0 saturated carbocycles. The summed E-state index contributed by atoms with van der Waals surface area (Å²) >= 11 is 0. The van der Waals surface area contributed by atoms with Crippen LogP contribution < -0.4 is 10.6 Å². The molecule has 2 N–H and O–H groups in total. The van der Waals surface area contributed by atoms with Gasteiger partial charge in [-0.25, -0.2) is 5.06 Å². The number of rotatable bonds is 3. The lowest BCUT2D eigenvalue weighted by atomic mass is 10.1. The molecule has 2 heterocycles. The van der Waals surface area contributed by atoms with Crippen LogP contribution in [0.3, 0.4) is 0 Å². The average molecular weight is 385 g/mol. The van der Waals surface area contributed by atoms with Crippen LogP contribution in [0.2, 0.25) is 0 Å². The Morgan fingerprint density at radius 2 is 2.00 bits per heavy atom. The van der Waals surface area contributed by atoms with Gasteiger partial charge in [-0.1, -0.05) is 0 Å². The van der Waals surface area contributed by atoms with Crippen LogP contribution in [0.1, 0.15) is 41.6 Å². The van der Waals surface area contributed by atoms with Gasteiger partial charge in [0.05, 0.1) is 12.2 Å². The zero-order chi connectivity index (χ0) is 19.6. The lowest BCUT2D eigenvalue weighted by molar-refractivity contribution is -0.144. The van der Waals surface area contributed by atoms with Crippen molar-refractivity contribution >= 4 is 23.4 Å². The molecule has 7 nitrogen and oxygen atoms in total. The van der Waals surface area contributed by atoms with Gasteiger partial charge in [0.15, 0.2) is 0 Å².